The Bertz CT molecular complexity index is 360. The van der Waals surface area contributed by atoms with E-state index in [0.29, 0.717) is 0 Å². The molecule has 0 aromatic carbocycles. The fourth-order valence-electron chi connectivity index (χ4n) is 0.753. The Kier molecular flexibility index (Phi) is 2.18. The van der Waals surface area contributed by atoms with E-state index in [1.165, 1.54) is 6.07 Å². The van der Waals surface area contributed by atoms with Crippen molar-refractivity contribution in [1.82, 2.24) is 5.16 Å². The van der Waals surface area contributed by atoms with Crippen LogP contribution >= 0.6 is 0 Å². The third kappa shape index (κ3) is 2.55. The molecule has 1 heterocycles. The molecule has 1 rings (SSSR count). The summed E-state index contributed by atoms with van der Waals surface area (Å²) in [6, 6.07) is 1.28. The average molecular weight is 188 g/mol. The van der Waals surface area contributed by atoms with E-state index in [-0.39, 0.29) is 24.7 Å². The first-order chi connectivity index (χ1) is 7.42. The van der Waals surface area contributed by atoms with Crippen molar-refractivity contribution in [3.63, 3.8) is 0 Å². The molecule has 0 saturated heterocycles. The molecule has 0 atom stereocenters. The summed E-state index contributed by atoms with van der Waals surface area (Å²) in [6.45, 7) is 1.62. The van der Waals surface area contributed by atoms with Gasteiger partial charge >= 0.3 is 5.97 Å². The Balaban J connectivity index is 2.55. The van der Waals surface area contributed by atoms with Gasteiger partial charge in [0.15, 0.2) is 11.5 Å². The first-order valence-electron chi connectivity index (χ1n) is 5.19. The zero-order valence-corrected chi connectivity index (χ0v) is 7.07. The second-order valence-electron chi connectivity index (χ2n) is 2.19. The molecule has 0 aliphatic carbocycles. The van der Waals surface area contributed by atoms with Crippen LogP contribution in [0.25, 0.3) is 0 Å². The highest BCUT2D eigenvalue weighted by atomic mass is 16.5. The molecule has 5 nitrogen and oxygen atoms in total. The normalized spacial score (nSPS) is 14.4. The number of aromatic nitrogens is 1. The number of methoxy groups -OCH3 is 1. The fraction of sp³-hybridized carbons (Fsp3) is 0.500. The van der Waals surface area contributed by atoms with Crippen LogP contribution in [0.4, 0.5) is 0 Å². The van der Waals surface area contributed by atoms with Gasteiger partial charge in [0.05, 0.1) is 10.7 Å². The van der Waals surface area contributed by atoms with E-state index in [1.54, 1.807) is 6.92 Å². The highest BCUT2D eigenvalue weighted by Crippen LogP contribution is 2.05. The van der Waals surface area contributed by atoms with Crippen LogP contribution in [0.3, 0.4) is 0 Å². The van der Waals surface area contributed by atoms with E-state index in [4.69, 9.17) is 8.64 Å². The minimum Gasteiger partial charge on any atom is -0.461 e. The summed E-state index contributed by atoms with van der Waals surface area (Å²) in [5.41, 5.74) is -0.00834. The summed E-state index contributed by atoms with van der Waals surface area (Å²) in [7, 11) is -2.50. The molecule has 13 heavy (non-hydrogen) atoms. The maximum Gasteiger partial charge on any atom is 0.360 e. The smallest absolute Gasteiger partial charge is 0.360 e. The SMILES string of the molecule is [2H]C([2H])([2H])OCc1cc(C(=O)OCC)no1. The predicted octanol–water partition coefficient (Wildman–Crippen LogP) is 0.998. The molecule has 72 valence electrons. The van der Waals surface area contributed by atoms with E-state index in [0.717, 1.165) is 0 Å². The van der Waals surface area contributed by atoms with Gasteiger partial charge in [0.1, 0.15) is 6.61 Å². The summed E-state index contributed by atoms with van der Waals surface area (Å²) in [4.78, 5) is 11.2. The van der Waals surface area contributed by atoms with Crippen molar-refractivity contribution in [1.29, 1.82) is 0 Å². The molecule has 5 heteroatoms. The van der Waals surface area contributed by atoms with Crippen LogP contribution in [0, 0.1) is 0 Å². The number of nitrogens with zero attached hydrogens (tertiary/aromatic N) is 1. The largest absolute Gasteiger partial charge is 0.461 e. The number of hydrogen-bond donors (Lipinski definition) is 0. The van der Waals surface area contributed by atoms with E-state index in [2.05, 4.69) is 14.6 Å². The Morgan fingerprint density at radius 1 is 1.85 bits per heavy atom. The van der Waals surface area contributed by atoms with Gasteiger partial charge in [-0.2, -0.15) is 0 Å². The van der Waals surface area contributed by atoms with Crippen molar-refractivity contribution in [2.45, 2.75) is 13.5 Å². The maximum atomic E-state index is 11.2. The van der Waals surface area contributed by atoms with E-state index in [9.17, 15) is 4.79 Å². The van der Waals surface area contributed by atoms with Gasteiger partial charge in [-0.15, -0.1) is 0 Å². The molecule has 1 aromatic rings. The average Bonchev–Trinajstić information content (AvgIpc) is 2.62. The molecular formula is C8H11NO4. The first-order valence-corrected chi connectivity index (χ1v) is 3.69. The van der Waals surface area contributed by atoms with Crippen LogP contribution in [-0.2, 0) is 16.1 Å². The van der Waals surface area contributed by atoms with Gasteiger partial charge < -0.3 is 14.0 Å². The molecule has 0 amide bonds. The first kappa shape index (κ1) is 6.15. The van der Waals surface area contributed by atoms with Crippen molar-refractivity contribution in [2.24, 2.45) is 0 Å². The number of ether oxygens (including phenoxy) is 2. The van der Waals surface area contributed by atoms with Gasteiger partial charge in [0.25, 0.3) is 0 Å². The molecule has 0 unspecified atom stereocenters. The molecule has 1 aromatic heterocycles. The van der Waals surface area contributed by atoms with Gasteiger partial charge in [0.2, 0.25) is 0 Å². The predicted molar refractivity (Wildman–Crippen MR) is 43.2 cm³/mol. The van der Waals surface area contributed by atoms with E-state index >= 15 is 0 Å². The molecular weight excluding hydrogens is 174 g/mol. The number of carbonyl (C=O) groups is 1. The summed E-state index contributed by atoms with van der Waals surface area (Å²) in [6.07, 6.45) is 0. The Morgan fingerprint density at radius 2 is 2.69 bits per heavy atom. The quantitative estimate of drug-likeness (QED) is 0.659. The van der Waals surface area contributed by atoms with E-state index in [1.807, 2.05) is 0 Å². The monoisotopic (exact) mass is 188 g/mol. The Morgan fingerprint density at radius 3 is 3.38 bits per heavy atom. The molecule has 0 bridgehead atoms. The van der Waals surface area contributed by atoms with E-state index < -0.39 is 13.0 Å². The fourth-order valence-corrected chi connectivity index (χ4v) is 0.753. The minimum atomic E-state index is -2.50. The highest BCUT2D eigenvalue weighted by Gasteiger charge is 2.12. The lowest BCUT2D eigenvalue weighted by molar-refractivity contribution is 0.0514. The van der Waals surface area contributed by atoms with Gasteiger partial charge in [-0.1, -0.05) is 5.16 Å². The number of esters is 1. The number of hydrogen-bond acceptors (Lipinski definition) is 5. The number of carbonyl (C=O) groups excluding carboxylic acids is 1. The van der Waals surface area contributed by atoms with Crippen LogP contribution in [0.5, 0.6) is 0 Å². The van der Waals surface area contributed by atoms with Crippen LogP contribution in [0.15, 0.2) is 10.6 Å². The second-order valence-corrected chi connectivity index (χ2v) is 2.19. The Hall–Kier alpha value is -1.36. The third-order valence-corrected chi connectivity index (χ3v) is 1.26. The van der Waals surface area contributed by atoms with Gasteiger partial charge in [-0.3, -0.25) is 0 Å². The lowest BCUT2D eigenvalue weighted by atomic mass is 10.4. The summed E-state index contributed by atoms with van der Waals surface area (Å²) in [5.74, 6) is -0.467. The minimum absolute atomic E-state index is 0.00834. The van der Waals surface area contributed by atoms with Crippen molar-refractivity contribution in [3.05, 3.63) is 17.5 Å². The van der Waals surface area contributed by atoms with Crippen molar-refractivity contribution in [3.8, 4) is 0 Å². The zero-order chi connectivity index (χ0) is 12.2. The molecule has 0 N–H and O–H groups in total. The van der Waals surface area contributed by atoms with Crippen molar-refractivity contribution in [2.75, 3.05) is 13.6 Å². The lowest BCUT2D eigenvalue weighted by Crippen LogP contribution is -2.04. The highest BCUT2D eigenvalue weighted by molar-refractivity contribution is 5.87. The third-order valence-electron chi connectivity index (χ3n) is 1.26. The van der Waals surface area contributed by atoms with Crippen molar-refractivity contribution < 1.29 is 22.9 Å². The van der Waals surface area contributed by atoms with Crippen LogP contribution in [0.2, 0.25) is 0 Å². The number of rotatable bonds is 4. The summed E-state index contributed by atoms with van der Waals surface area (Å²) in [5, 5.41) is 3.42. The second kappa shape index (κ2) is 4.61. The summed E-state index contributed by atoms with van der Waals surface area (Å²) >= 11 is 0. The van der Waals surface area contributed by atoms with Crippen LogP contribution in [0.1, 0.15) is 27.3 Å². The maximum absolute atomic E-state index is 11.2. The molecule has 0 saturated carbocycles. The molecule has 0 fully saturated rings. The topological polar surface area (TPSA) is 61.6 Å². The molecule has 0 aliphatic heterocycles. The lowest BCUT2D eigenvalue weighted by Gasteiger charge is -1.94. The molecule has 0 aliphatic rings. The zero-order valence-electron chi connectivity index (χ0n) is 10.1. The standard InChI is InChI=1S/C8H11NO4/c1-3-12-8(10)7-4-6(5-11-2)13-9-7/h4H,3,5H2,1-2H3/i2D3. The van der Waals surface area contributed by atoms with Crippen LogP contribution < -0.4 is 0 Å². The summed E-state index contributed by atoms with van der Waals surface area (Å²) < 4.78 is 34.2. The van der Waals surface area contributed by atoms with Crippen molar-refractivity contribution >= 4 is 5.97 Å². The van der Waals surface area contributed by atoms with Gasteiger partial charge in [-0.05, 0) is 6.92 Å². The van der Waals surface area contributed by atoms with Crippen LogP contribution in [-0.4, -0.2) is 24.8 Å². The Labute approximate surface area is 79.8 Å². The van der Waals surface area contributed by atoms with Gasteiger partial charge in [-0.25, -0.2) is 4.79 Å². The van der Waals surface area contributed by atoms with Gasteiger partial charge in [0, 0.05) is 13.1 Å². The molecule has 0 spiro atoms. The molecule has 0 radical (unpaired) electrons.